The number of nitrogens with zero attached hydrogens (tertiary/aromatic N) is 3. The minimum atomic E-state index is -3.87. The number of aliphatic imine (C=N–C) groups is 1. The molecule has 9 heteroatoms. The molecule has 3 atom stereocenters. The Hall–Kier alpha value is -3.30. The van der Waals surface area contributed by atoms with E-state index in [2.05, 4.69) is 9.97 Å². The number of aromatic nitrogens is 2. The topological polar surface area (TPSA) is 100.0 Å². The van der Waals surface area contributed by atoms with Crippen LogP contribution < -0.4 is 9.47 Å². The molecule has 1 aliphatic carbocycles. The van der Waals surface area contributed by atoms with Crippen molar-refractivity contribution < 1.29 is 22.1 Å². The highest BCUT2D eigenvalue weighted by atomic mass is 32.2. The molecule has 1 aliphatic heterocycles. The van der Waals surface area contributed by atoms with Crippen LogP contribution in [0.4, 0.5) is 0 Å². The van der Waals surface area contributed by atoms with Gasteiger partial charge in [-0.25, -0.2) is 9.97 Å². The number of hydrogen-bond acceptors (Lipinski definition) is 8. The monoisotopic (exact) mass is 507 g/mol. The first kappa shape index (κ1) is 24.4. The van der Waals surface area contributed by atoms with Gasteiger partial charge in [0, 0.05) is 29.4 Å². The number of rotatable bonds is 7. The van der Waals surface area contributed by atoms with Crippen molar-refractivity contribution in [3.8, 4) is 11.5 Å². The summed E-state index contributed by atoms with van der Waals surface area (Å²) < 4.78 is 43.2. The van der Waals surface area contributed by atoms with Crippen LogP contribution in [-0.4, -0.2) is 50.0 Å². The summed E-state index contributed by atoms with van der Waals surface area (Å²) in [5, 5.41) is 0. The maximum Gasteiger partial charge on any atom is 0.297 e. The van der Waals surface area contributed by atoms with E-state index >= 15 is 0 Å². The van der Waals surface area contributed by atoms with Crippen LogP contribution in [0.25, 0.3) is 0 Å². The third-order valence-corrected chi connectivity index (χ3v) is 8.13. The summed E-state index contributed by atoms with van der Waals surface area (Å²) in [5.41, 5.74) is 4.57. The fourth-order valence-corrected chi connectivity index (χ4v) is 6.15. The molecule has 2 aromatic carbocycles. The zero-order valence-electron chi connectivity index (χ0n) is 20.5. The Morgan fingerprint density at radius 1 is 1.03 bits per heavy atom. The Balaban J connectivity index is 1.50. The number of ether oxygens (including phenoxy) is 2. The van der Waals surface area contributed by atoms with Gasteiger partial charge in [-0.2, -0.15) is 8.42 Å². The van der Waals surface area contributed by atoms with Crippen molar-refractivity contribution in [2.24, 2.45) is 4.99 Å². The third kappa shape index (κ3) is 4.73. The Bertz CT molecular complexity index is 1370. The SMILES string of the molecule is CCOc1cc2c(cc1OC)C(c1cncnc1)=N[C@@H]1CC[C@@H](OS(=O)(=O)c3ccc(C)cc3)C[C@H]21. The molecule has 0 bridgehead atoms. The molecule has 2 heterocycles. The largest absolute Gasteiger partial charge is 0.493 e. The van der Waals surface area contributed by atoms with Gasteiger partial charge in [0.2, 0.25) is 0 Å². The molecule has 1 aromatic heterocycles. The van der Waals surface area contributed by atoms with Gasteiger partial charge in [0.25, 0.3) is 10.1 Å². The molecule has 0 N–H and O–H groups in total. The summed E-state index contributed by atoms with van der Waals surface area (Å²) in [4.78, 5) is 13.6. The van der Waals surface area contributed by atoms with Crippen LogP contribution in [0.5, 0.6) is 11.5 Å². The molecule has 8 nitrogen and oxygen atoms in total. The number of hydrogen-bond donors (Lipinski definition) is 0. The van der Waals surface area contributed by atoms with Crippen LogP contribution in [0.2, 0.25) is 0 Å². The number of methoxy groups -OCH3 is 1. The van der Waals surface area contributed by atoms with Gasteiger partial charge < -0.3 is 9.47 Å². The molecular formula is C27H29N3O5S. The minimum Gasteiger partial charge on any atom is -0.493 e. The van der Waals surface area contributed by atoms with Crippen LogP contribution in [0.1, 0.15) is 54.4 Å². The lowest BCUT2D eigenvalue weighted by Crippen LogP contribution is -2.36. The molecule has 0 spiro atoms. The van der Waals surface area contributed by atoms with Crippen molar-refractivity contribution in [2.45, 2.75) is 56.1 Å². The molecule has 36 heavy (non-hydrogen) atoms. The highest BCUT2D eigenvalue weighted by Crippen LogP contribution is 2.45. The van der Waals surface area contributed by atoms with Crippen molar-refractivity contribution in [1.82, 2.24) is 9.97 Å². The first-order valence-electron chi connectivity index (χ1n) is 12.1. The molecule has 0 amide bonds. The van der Waals surface area contributed by atoms with Crippen molar-refractivity contribution in [3.05, 3.63) is 77.4 Å². The lowest BCUT2D eigenvalue weighted by atomic mass is 9.74. The summed E-state index contributed by atoms with van der Waals surface area (Å²) in [6, 6.07) is 10.7. The lowest BCUT2D eigenvalue weighted by Gasteiger charge is -2.38. The third-order valence-electron chi connectivity index (χ3n) is 6.76. The Kier molecular flexibility index (Phi) is 6.77. The molecule has 3 aromatic rings. The summed E-state index contributed by atoms with van der Waals surface area (Å²) in [5.74, 6) is 1.24. The van der Waals surface area contributed by atoms with E-state index in [0.29, 0.717) is 37.4 Å². The lowest BCUT2D eigenvalue weighted by molar-refractivity contribution is 0.140. The summed E-state index contributed by atoms with van der Waals surface area (Å²) in [6.45, 7) is 4.34. The average molecular weight is 508 g/mol. The van der Waals surface area contributed by atoms with E-state index in [9.17, 15) is 8.42 Å². The molecule has 0 saturated heterocycles. The van der Waals surface area contributed by atoms with E-state index in [1.165, 1.54) is 6.33 Å². The molecule has 2 aliphatic rings. The molecule has 188 valence electrons. The fourth-order valence-electron chi connectivity index (χ4n) is 5.03. The molecule has 0 radical (unpaired) electrons. The van der Waals surface area contributed by atoms with E-state index < -0.39 is 16.2 Å². The first-order valence-corrected chi connectivity index (χ1v) is 13.5. The average Bonchev–Trinajstić information content (AvgIpc) is 2.88. The number of benzene rings is 2. The fraction of sp³-hybridized carbons (Fsp3) is 0.370. The van der Waals surface area contributed by atoms with E-state index in [0.717, 1.165) is 28.0 Å². The highest BCUT2D eigenvalue weighted by Gasteiger charge is 2.39. The minimum absolute atomic E-state index is 0.0162. The van der Waals surface area contributed by atoms with Crippen LogP contribution in [0.3, 0.4) is 0 Å². The number of fused-ring (bicyclic) bond motifs is 3. The quantitative estimate of drug-likeness (QED) is 0.436. The van der Waals surface area contributed by atoms with Crippen molar-refractivity contribution in [3.63, 3.8) is 0 Å². The van der Waals surface area contributed by atoms with E-state index in [1.54, 1.807) is 43.8 Å². The van der Waals surface area contributed by atoms with Gasteiger partial charge in [-0.15, -0.1) is 0 Å². The molecule has 0 unspecified atom stereocenters. The first-order chi connectivity index (χ1) is 17.4. The smallest absolute Gasteiger partial charge is 0.297 e. The van der Waals surface area contributed by atoms with Crippen LogP contribution >= 0.6 is 0 Å². The summed E-state index contributed by atoms with van der Waals surface area (Å²) in [7, 11) is -2.26. The number of aryl methyl sites for hydroxylation is 1. The summed E-state index contributed by atoms with van der Waals surface area (Å²) in [6.07, 6.45) is 6.38. The summed E-state index contributed by atoms with van der Waals surface area (Å²) >= 11 is 0. The second-order valence-electron chi connectivity index (χ2n) is 9.10. The predicted octanol–water partition coefficient (Wildman–Crippen LogP) is 4.45. The highest BCUT2D eigenvalue weighted by molar-refractivity contribution is 7.86. The Labute approximate surface area is 211 Å². The Morgan fingerprint density at radius 3 is 2.47 bits per heavy atom. The van der Waals surface area contributed by atoms with Crippen LogP contribution in [0.15, 0.2) is 65.0 Å². The maximum atomic E-state index is 13.0. The van der Waals surface area contributed by atoms with E-state index in [-0.39, 0.29) is 16.9 Å². The maximum absolute atomic E-state index is 13.0. The van der Waals surface area contributed by atoms with Crippen LogP contribution in [-0.2, 0) is 14.3 Å². The normalized spacial score (nSPS) is 21.2. The molecular weight excluding hydrogens is 478 g/mol. The van der Waals surface area contributed by atoms with E-state index in [1.807, 2.05) is 26.0 Å². The van der Waals surface area contributed by atoms with Gasteiger partial charge in [-0.05, 0) is 62.9 Å². The van der Waals surface area contributed by atoms with Gasteiger partial charge in [-0.3, -0.25) is 9.18 Å². The van der Waals surface area contributed by atoms with Gasteiger partial charge in [0.1, 0.15) is 6.33 Å². The van der Waals surface area contributed by atoms with Gasteiger partial charge in [0.15, 0.2) is 11.5 Å². The van der Waals surface area contributed by atoms with Crippen molar-refractivity contribution in [1.29, 1.82) is 0 Å². The molecule has 1 saturated carbocycles. The molecule has 5 rings (SSSR count). The van der Waals surface area contributed by atoms with Crippen molar-refractivity contribution in [2.75, 3.05) is 13.7 Å². The van der Waals surface area contributed by atoms with Crippen LogP contribution in [0, 0.1) is 6.92 Å². The second-order valence-corrected chi connectivity index (χ2v) is 10.7. The predicted molar refractivity (Wildman–Crippen MR) is 135 cm³/mol. The zero-order valence-corrected chi connectivity index (χ0v) is 21.4. The zero-order chi connectivity index (χ0) is 25.3. The second kappa shape index (κ2) is 9.99. The van der Waals surface area contributed by atoms with Gasteiger partial charge >= 0.3 is 0 Å². The van der Waals surface area contributed by atoms with Crippen molar-refractivity contribution >= 4 is 15.8 Å². The Morgan fingerprint density at radius 2 is 1.78 bits per heavy atom. The molecule has 1 fully saturated rings. The standard InChI is InChI=1S/C27H29N3O5S/c1-4-34-26-12-21-22-11-19(35-36(31,32)20-8-5-17(2)6-9-20)7-10-24(22)30-27(18-14-28-16-29-15-18)23(21)13-25(26)33-3/h5-6,8-9,12-16,19,22,24H,4,7,10-11H2,1-3H3/t19-,22-,24-/m1/s1. The van der Waals surface area contributed by atoms with Gasteiger partial charge in [0.05, 0.1) is 36.5 Å². The van der Waals surface area contributed by atoms with Gasteiger partial charge in [-0.1, -0.05) is 17.7 Å². The van der Waals surface area contributed by atoms with E-state index in [4.69, 9.17) is 18.6 Å².